The highest BCUT2D eigenvalue weighted by atomic mass is 32.2. The molecule has 3 fully saturated rings. The van der Waals surface area contributed by atoms with Gasteiger partial charge in [0, 0.05) is 17.8 Å². The molecule has 1 heterocycles. The molecule has 3 aliphatic rings. The molecule has 2 saturated carbocycles. The van der Waals surface area contributed by atoms with E-state index in [1.165, 1.54) is 19.3 Å². The number of amides is 2. The number of nitrogens with zero attached hydrogens (tertiary/aromatic N) is 1. The van der Waals surface area contributed by atoms with Gasteiger partial charge in [-0.3, -0.25) is 0 Å². The molecule has 4 nitrogen and oxygen atoms in total. The number of nitrogens with one attached hydrogen (secondary N) is 1. The van der Waals surface area contributed by atoms with Crippen molar-refractivity contribution in [1.82, 2.24) is 10.2 Å². The summed E-state index contributed by atoms with van der Waals surface area (Å²) in [6.45, 7) is 2.23. The van der Waals surface area contributed by atoms with Crippen LogP contribution in [0.15, 0.2) is 0 Å². The van der Waals surface area contributed by atoms with Crippen LogP contribution >= 0.6 is 11.8 Å². The number of ether oxygens (including phenoxy) is 1. The van der Waals surface area contributed by atoms with Gasteiger partial charge in [0.25, 0.3) is 0 Å². The van der Waals surface area contributed by atoms with Crippen molar-refractivity contribution in [2.45, 2.75) is 61.8 Å². The number of rotatable bonds is 2. The summed E-state index contributed by atoms with van der Waals surface area (Å²) in [4.78, 5) is 14.4. The molecule has 1 saturated heterocycles. The molecule has 3 rings (SSSR count). The number of carbonyl (C=O) groups excluding carboxylic acids is 1. The fourth-order valence-electron chi connectivity index (χ4n) is 3.89. The third-order valence-electron chi connectivity index (χ3n) is 5.10. The topological polar surface area (TPSA) is 41.6 Å². The van der Waals surface area contributed by atoms with Gasteiger partial charge in [-0.1, -0.05) is 12.8 Å². The summed E-state index contributed by atoms with van der Waals surface area (Å²) < 4.78 is 5.99. The van der Waals surface area contributed by atoms with Gasteiger partial charge in [-0.2, -0.15) is 11.8 Å². The van der Waals surface area contributed by atoms with E-state index >= 15 is 0 Å². The van der Waals surface area contributed by atoms with Gasteiger partial charge in [0.15, 0.2) is 0 Å². The van der Waals surface area contributed by atoms with E-state index in [1.54, 1.807) is 0 Å². The largest absolute Gasteiger partial charge is 0.371 e. The highest BCUT2D eigenvalue weighted by Gasteiger charge is 2.41. The quantitative estimate of drug-likeness (QED) is 0.852. The summed E-state index contributed by atoms with van der Waals surface area (Å²) in [5.41, 5.74) is -0.0208. The maximum absolute atomic E-state index is 12.4. The molecule has 2 atom stereocenters. The van der Waals surface area contributed by atoms with Crippen LogP contribution in [0.2, 0.25) is 0 Å². The summed E-state index contributed by atoms with van der Waals surface area (Å²) >= 11 is 1.93. The van der Waals surface area contributed by atoms with Gasteiger partial charge in [0.2, 0.25) is 0 Å². The average Bonchev–Trinajstić information content (AvgIpc) is 3.09. The summed E-state index contributed by atoms with van der Waals surface area (Å²) in [6, 6.07) is 0.508. The lowest BCUT2D eigenvalue weighted by Gasteiger charge is -2.40. The predicted octanol–water partition coefficient (Wildman–Crippen LogP) is 2.63. The Labute approximate surface area is 126 Å². The number of hydrogen-bond donors (Lipinski definition) is 1. The van der Waals surface area contributed by atoms with Gasteiger partial charge in [0.05, 0.1) is 18.8 Å². The molecular weight excluding hydrogens is 272 g/mol. The normalized spacial score (nSPS) is 32.8. The smallest absolute Gasteiger partial charge is 0.317 e. The molecule has 2 amide bonds. The van der Waals surface area contributed by atoms with Crippen LogP contribution in [0.3, 0.4) is 0 Å². The first kappa shape index (κ1) is 14.5. The second-order valence-electron chi connectivity index (χ2n) is 6.48. The SMILES string of the molecule is CSC1CCC(NC(=O)N2CCOC3(CCCC3)C2)C1. The van der Waals surface area contributed by atoms with Crippen LogP contribution in [0.5, 0.6) is 0 Å². The molecule has 0 aromatic carbocycles. The summed E-state index contributed by atoms with van der Waals surface area (Å²) in [5, 5.41) is 3.97. The Balaban J connectivity index is 1.52. The van der Waals surface area contributed by atoms with Gasteiger partial charge < -0.3 is 15.0 Å². The summed E-state index contributed by atoms with van der Waals surface area (Å²) in [5.74, 6) is 0. The third-order valence-corrected chi connectivity index (χ3v) is 6.19. The van der Waals surface area contributed by atoms with E-state index in [0.29, 0.717) is 12.6 Å². The highest BCUT2D eigenvalue weighted by molar-refractivity contribution is 7.99. The third kappa shape index (κ3) is 3.08. The lowest BCUT2D eigenvalue weighted by atomic mass is 10.00. The van der Waals surface area contributed by atoms with Crippen LogP contribution in [0.4, 0.5) is 4.79 Å². The minimum Gasteiger partial charge on any atom is -0.371 e. The van der Waals surface area contributed by atoms with Gasteiger partial charge in [-0.15, -0.1) is 0 Å². The summed E-state index contributed by atoms with van der Waals surface area (Å²) in [6.07, 6.45) is 10.4. The molecule has 0 radical (unpaired) electrons. The minimum atomic E-state index is -0.0208. The first-order chi connectivity index (χ1) is 9.71. The molecule has 2 unspecified atom stereocenters. The number of thioether (sulfide) groups is 1. The molecular formula is C15H26N2O2S. The Hall–Kier alpha value is -0.420. The fraction of sp³-hybridized carbons (Fsp3) is 0.933. The predicted molar refractivity (Wildman–Crippen MR) is 82.2 cm³/mol. The average molecular weight is 298 g/mol. The monoisotopic (exact) mass is 298 g/mol. The van der Waals surface area contributed by atoms with E-state index in [-0.39, 0.29) is 11.6 Å². The van der Waals surface area contributed by atoms with Crippen LogP contribution < -0.4 is 5.32 Å². The van der Waals surface area contributed by atoms with E-state index in [9.17, 15) is 4.79 Å². The van der Waals surface area contributed by atoms with Crippen LogP contribution in [0, 0.1) is 0 Å². The Morgan fingerprint density at radius 3 is 2.85 bits per heavy atom. The first-order valence-corrected chi connectivity index (χ1v) is 9.22. The second-order valence-corrected chi connectivity index (χ2v) is 7.62. The van der Waals surface area contributed by atoms with Crippen LogP contribution in [-0.2, 0) is 4.74 Å². The van der Waals surface area contributed by atoms with Crippen molar-refractivity contribution >= 4 is 17.8 Å². The Bertz CT molecular complexity index is 358. The minimum absolute atomic E-state index is 0.0208. The number of morpholine rings is 1. The molecule has 0 aromatic heterocycles. The fourth-order valence-corrected chi connectivity index (χ4v) is 4.69. The molecule has 5 heteroatoms. The lowest BCUT2D eigenvalue weighted by molar-refractivity contribution is -0.0927. The second kappa shape index (κ2) is 6.14. The molecule has 1 aliphatic heterocycles. The van der Waals surface area contributed by atoms with Crippen molar-refractivity contribution in [3.63, 3.8) is 0 Å². The van der Waals surface area contributed by atoms with Crippen molar-refractivity contribution in [1.29, 1.82) is 0 Å². The highest BCUT2D eigenvalue weighted by Crippen LogP contribution is 2.36. The standard InChI is InChI=1S/C15H26N2O2S/c1-20-13-5-4-12(10-13)16-14(18)17-8-9-19-15(11-17)6-2-3-7-15/h12-13H,2-11H2,1H3,(H,16,18). The van der Waals surface area contributed by atoms with Crippen LogP contribution in [0.1, 0.15) is 44.9 Å². The van der Waals surface area contributed by atoms with Crippen LogP contribution in [0.25, 0.3) is 0 Å². The maximum Gasteiger partial charge on any atom is 0.317 e. The Kier molecular flexibility index (Phi) is 4.46. The number of carbonyl (C=O) groups is 1. The van der Waals surface area contributed by atoms with Gasteiger partial charge in [0.1, 0.15) is 0 Å². The van der Waals surface area contributed by atoms with Crippen LogP contribution in [-0.4, -0.2) is 53.8 Å². The van der Waals surface area contributed by atoms with E-state index in [0.717, 1.165) is 44.0 Å². The zero-order valence-corrected chi connectivity index (χ0v) is 13.2. The maximum atomic E-state index is 12.4. The van der Waals surface area contributed by atoms with Crippen molar-refractivity contribution in [3.05, 3.63) is 0 Å². The van der Waals surface area contributed by atoms with Crippen molar-refractivity contribution in [2.75, 3.05) is 26.0 Å². The van der Waals surface area contributed by atoms with E-state index in [1.807, 2.05) is 16.7 Å². The molecule has 1 N–H and O–H groups in total. The summed E-state index contributed by atoms with van der Waals surface area (Å²) in [7, 11) is 0. The van der Waals surface area contributed by atoms with Gasteiger partial charge >= 0.3 is 6.03 Å². The molecule has 1 spiro atoms. The molecule has 20 heavy (non-hydrogen) atoms. The van der Waals surface area contributed by atoms with Gasteiger partial charge in [-0.05, 0) is 38.4 Å². The number of hydrogen-bond acceptors (Lipinski definition) is 3. The molecule has 2 aliphatic carbocycles. The molecule has 0 aromatic rings. The van der Waals surface area contributed by atoms with Crippen molar-refractivity contribution in [3.8, 4) is 0 Å². The van der Waals surface area contributed by atoms with E-state index in [2.05, 4.69) is 11.6 Å². The molecule has 114 valence electrons. The Morgan fingerprint density at radius 1 is 1.35 bits per heavy atom. The first-order valence-electron chi connectivity index (χ1n) is 7.93. The Morgan fingerprint density at radius 2 is 2.15 bits per heavy atom. The zero-order valence-electron chi connectivity index (χ0n) is 12.4. The number of urea groups is 1. The molecule has 0 bridgehead atoms. The lowest BCUT2D eigenvalue weighted by Crippen LogP contribution is -2.56. The van der Waals surface area contributed by atoms with Crippen molar-refractivity contribution < 1.29 is 9.53 Å². The van der Waals surface area contributed by atoms with Gasteiger partial charge in [-0.25, -0.2) is 4.79 Å². The van der Waals surface area contributed by atoms with E-state index in [4.69, 9.17) is 4.74 Å². The van der Waals surface area contributed by atoms with E-state index < -0.39 is 0 Å². The zero-order chi connectivity index (χ0) is 14.0. The van der Waals surface area contributed by atoms with Crippen molar-refractivity contribution in [2.24, 2.45) is 0 Å².